The zero-order valence-corrected chi connectivity index (χ0v) is 11.7. The van der Waals surface area contributed by atoms with Gasteiger partial charge in [-0.05, 0) is 39.7 Å². The van der Waals surface area contributed by atoms with Crippen molar-refractivity contribution in [2.24, 2.45) is 0 Å². The molecule has 1 N–H and O–H groups in total. The minimum Gasteiger partial charge on any atom is -0.365 e. The first-order chi connectivity index (χ1) is 8.54. The molecule has 0 aromatic carbocycles. The van der Waals surface area contributed by atoms with Crippen LogP contribution in [0.15, 0.2) is 12.3 Å². The first-order valence-corrected chi connectivity index (χ1v) is 6.91. The summed E-state index contributed by atoms with van der Waals surface area (Å²) in [6.07, 6.45) is 7.01. The van der Waals surface area contributed by atoms with Crippen LogP contribution in [0.3, 0.4) is 0 Å². The van der Waals surface area contributed by atoms with Crippen molar-refractivity contribution in [2.75, 3.05) is 23.3 Å². The normalized spacial score (nSPS) is 17.4. The van der Waals surface area contributed by atoms with Gasteiger partial charge in [-0.2, -0.15) is 4.98 Å². The fraction of sp³-hybridized carbons (Fsp3) is 0.714. The zero-order valence-electron chi connectivity index (χ0n) is 11.7. The summed E-state index contributed by atoms with van der Waals surface area (Å²) >= 11 is 0. The summed E-state index contributed by atoms with van der Waals surface area (Å²) in [6, 6.07) is 1.94. The molecule has 100 valence electrons. The van der Waals surface area contributed by atoms with Crippen LogP contribution in [0, 0.1) is 0 Å². The van der Waals surface area contributed by atoms with Crippen LogP contribution >= 0.6 is 0 Å². The summed E-state index contributed by atoms with van der Waals surface area (Å²) in [6.45, 7) is 8.58. The molecule has 0 amide bonds. The first kappa shape index (κ1) is 13.1. The van der Waals surface area contributed by atoms with Crippen LogP contribution in [0.4, 0.5) is 11.8 Å². The maximum absolute atomic E-state index is 4.63. The van der Waals surface area contributed by atoms with Gasteiger partial charge in [0, 0.05) is 24.8 Å². The maximum Gasteiger partial charge on any atom is 0.227 e. The number of aromatic nitrogens is 2. The van der Waals surface area contributed by atoms with Crippen LogP contribution in [-0.2, 0) is 0 Å². The van der Waals surface area contributed by atoms with Crippen molar-refractivity contribution in [2.45, 2.75) is 52.0 Å². The average Bonchev–Trinajstić information content (AvgIpc) is 2.55. The van der Waals surface area contributed by atoms with Gasteiger partial charge < -0.3 is 10.2 Å². The van der Waals surface area contributed by atoms with E-state index >= 15 is 0 Å². The highest BCUT2D eigenvalue weighted by molar-refractivity contribution is 5.42. The van der Waals surface area contributed by atoms with E-state index in [0.717, 1.165) is 24.9 Å². The van der Waals surface area contributed by atoms with Gasteiger partial charge in [0.25, 0.3) is 0 Å². The van der Waals surface area contributed by atoms with E-state index in [4.69, 9.17) is 0 Å². The quantitative estimate of drug-likeness (QED) is 0.873. The molecule has 1 fully saturated rings. The lowest BCUT2D eigenvalue weighted by molar-refractivity contribution is 0.629. The molecule has 0 saturated carbocycles. The van der Waals surface area contributed by atoms with E-state index in [2.05, 4.69) is 41.0 Å². The Hall–Kier alpha value is -1.32. The predicted octanol–water partition coefficient (Wildman–Crippen LogP) is 3.07. The number of anilines is 2. The molecule has 1 saturated heterocycles. The smallest absolute Gasteiger partial charge is 0.227 e. The maximum atomic E-state index is 4.63. The van der Waals surface area contributed by atoms with Gasteiger partial charge in [0.05, 0.1) is 0 Å². The molecule has 2 heterocycles. The minimum atomic E-state index is 0.0322. The number of nitrogens with one attached hydrogen (secondary N) is 1. The number of hydrogen-bond donors (Lipinski definition) is 1. The van der Waals surface area contributed by atoms with Crippen molar-refractivity contribution in [3.63, 3.8) is 0 Å². The minimum absolute atomic E-state index is 0.0322. The molecule has 0 spiro atoms. The molecule has 4 nitrogen and oxygen atoms in total. The van der Waals surface area contributed by atoms with Crippen LogP contribution in [0.2, 0.25) is 0 Å². The Kier molecular flexibility index (Phi) is 4.04. The van der Waals surface area contributed by atoms with Crippen LogP contribution in [0.25, 0.3) is 0 Å². The van der Waals surface area contributed by atoms with Gasteiger partial charge in [0.1, 0.15) is 5.82 Å². The highest BCUT2D eigenvalue weighted by Gasteiger charge is 2.14. The van der Waals surface area contributed by atoms with E-state index in [1.807, 2.05) is 12.3 Å². The van der Waals surface area contributed by atoms with Gasteiger partial charge >= 0.3 is 0 Å². The molecule has 0 bridgehead atoms. The van der Waals surface area contributed by atoms with Gasteiger partial charge in [-0.25, -0.2) is 4.98 Å². The fourth-order valence-corrected chi connectivity index (χ4v) is 2.23. The molecule has 0 unspecified atom stereocenters. The summed E-state index contributed by atoms with van der Waals surface area (Å²) in [7, 11) is 0. The molecule has 1 aliphatic heterocycles. The van der Waals surface area contributed by atoms with Crippen LogP contribution in [0.1, 0.15) is 46.5 Å². The molecule has 2 rings (SSSR count). The third-order valence-electron chi connectivity index (χ3n) is 3.03. The van der Waals surface area contributed by atoms with E-state index in [-0.39, 0.29) is 5.54 Å². The molecule has 1 aliphatic rings. The Morgan fingerprint density at radius 3 is 2.39 bits per heavy atom. The molecule has 0 radical (unpaired) electrons. The lowest BCUT2D eigenvalue weighted by Gasteiger charge is -2.24. The Balaban J connectivity index is 2.10. The van der Waals surface area contributed by atoms with Crippen molar-refractivity contribution in [1.82, 2.24) is 9.97 Å². The van der Waals surface area contributed by atoms with Crippen LogP contribution < -0.4 is 10.2 Å². The lowest BCUT2D eigenvalue weighted by atomic mass is 10.1. The highest BCUT2D eigenvalue weighted by atomic mass is 15.3. The molecule has 1 aromatic rings. The predicted molar refractivity (Wildman–Crippen MR) is 76.1 cm³/mol. The highest BCUT2D eigenvalue weighted by Crippen LogP contribution is 2.18. The van der Waals surface area contributed by atoms with Gasteiger partial charge in [0.15, 0.2) is 0 Å². The Morgan fingerprint density at radius 1 is 1.11 bits per heavy atom. The van der Waals surface area contributed by atoms with Crippen LogP contribution in [-0.4, -0.2) is 28.6 Å². The molecule has 4 heteroatoms. The second-order valence-electron chi connectivity index (χ2n) is 6.02. The average molecular weight is 248 g/mol. The molecular formula is C14H24N4. The molecular weight excluding hydrogens is 224 g/mol. The second kappa shape index (κ2) is 5.55. The summed E-state index contributed by atoms with van der Waals surface area (Å²) in [4.78, 5) is 11.3. The molecule has 18 heavy (non-hydrogen) atoms. The number of nitrogens with zero attached hydrogens (tertiary/aromatic N) is 3. The summed E-state index contributed by atoms with van der Waals surface area (Å²) in [5.74, 6) is 1.78. The summed E-state index contributed by atoms with van der Waals surface area (Å²) in [5, 5.41) is 3.40. The van der Waals surface area contributed by atoms with E-state index in [0.29, 0.717) is 0 Å². The van der Waals surface area contributed by atoms with Crippen molar-refractivity contribution in [1.29, 1.82) is 0 Å². The number of rotatable bonds is 2. The summed E-state index contributed by atoms with van der Waals surface area (Å²) < 4.78 is 0. The van der Waals surface area contributed by atoms with Crippen molar-refractivity contribution >= 4 is 11.8 Å². The SMILES string of the molecule is CC(C)(C)Nc1ccnc(N2CCCCCC2)n1. The molecule has 0 atom stereocenters. The topological polar surface area (TPSA) is 41.1 Å². The van der Waals surface area contributed by atoms with E-state index in [1.54, 1.807) is 0 Å². The summed E-state index contributed by atoms with van der Waals surface area (Å²) in [5.41, 5.74) is 0.0322. The Morgan fingerprint density at radius 2 is 1.78 bits per heavy atom. The van der Waals surface area contributed by atoms with Gasteiger partial charge in [-0.3, -0.25) is 0 Å². The van der Waals surface area contributed by atoms with E-state index in [1.165, 1.54) is 25.7 Å². The monoisotopic (exact) mass is 248 g/mol. The number of hydrogen-bond acceptors (Lipinski definition) is 4. The van der Waals surface area contributed by atoms with Gasteiger partial charge in [-0.15, -0.1) is 0 Å². The van der Waals surface area contributed by atoms with E-state index < -0.39 is 0 Å². The Bertz CT molecular complexity index is 376. The zero-order chi connectivity index (χ0) is 13.0. The Labute approximate surface area is 110 Å². The third-order valence-corrected chi connectivity index (χ3v) is 3.03. The molecule has 1 aromatic heterocycles. The van der Waals surface area contributed by atoms with Crippen molar-refractivity contribution in [3.05, 3.63) is 12.3 Å². The van der Waals surface area contributed by atoms with Crippen molar-refractivity contribution < 1.29 is 0 Å². The largest absolute Gasteiger partial charge is 0.365 e. The standard InChI is InChI=1S/C14H24N4/c1-14(2,3)17-12-8-9-15-13(16-12)18-10-6-4-5-7-11-18/h8-9H,4-7,10-11H2,1-3H3,(H,15,16,17). The van der Waals surface area contributed by atoms with Gasteiger partial charge in [0.2, 0.25) is 5.95 Å². The van der Waals surface area contributed by atoms with Gasteiger partial charge in [-0.1, -0.05) is 12.8 Å². The van der Waals surface area contributed by atoms with Crippen molar-refractivity contribution in [3.8, 4) is 0 Å². The molecule has 0 aliphatic carbocycles. The van der Waals surface area contributed by atoms with Crippen LogP contribution in [0.5, 0.6) is 0 Å². The lowest BCUT2D eigenvalue weighted by Crippen LogP contribution is -2.29. The fourth-order valence-electron chi connectivity index (χ4n) is 2.23. The third kappa shape index (κ3) is 3.86. The first-order valence-electron chi connectivity index (χ1n) is 6.91. The second-order valence-corrected chi connectivity index (χ2v) is 6.02. The van der Waals surface area contributed by atoms with E-state index in [9.17, 15) is 0 Å².